The van der Waals surface area contributed by atoms with Crippen molar-refractivity contribution in [1.29, 1.82) is 0 Å². The van der Waals surface area contributed by atoms with E-state index in [-0.39, 0.29) is 29.2 Å². The summed E-state index contributed by atoms with van der Waals surface area (Å²) >= 11 is 0. The summed E-state index contributed by atoms with van der Waals surface area (Å²) in [5.41, 5.74) is 2.54. The Kier molecular flexibility index (Phi) is 6.89. The molecule has 2 aromatic rings. The summed E-state index contributed by atoms with van der Waals surface area (Å²) in [6, 6.07) is 14.5. The molecule has 30 heavy (non-hydrogen) atoms. The van der Waals surface area contributed by atoms with Gasteiger partial charge in [0.1, 0.15) is 0 Å². The molecule has 2 aromatic carbocycles. The lowest BCUT2D eigenvalue weighted by atomic mass is 10.0. The van der Waals surface area contributed by atoms with Gasteiger partial charge in [-0.15, -0.1) is 0 Å². The molecule has 3 rings (SSSR count). The van der Waals surface area contributed by atoms with Crippen LogP contribution >= 0.6 is 0 Å². The average molecular weight is 430 g/mol. The van der Waals surface area contributed by atoms with Crippen LogP contribution in [-0.2, 0) is 26.0 Å². The van der Waals surface area contributed by atoms with Gasteiger partial charge in [-0.05, 0) is 48.1 Å². The molecule has 2 N–H and O–H groups in total. The fourth-order valence-electron chi connectivity index (χ4n) is 3.40. The first-order chi connectivity index (χ1) is 14.3. The van der Waals surface area contributed by atoms with Gasteiger partial charge in [0, 0.05) is 25.7 Å². The summed E-state index contributed by atoms with van der Waals surface area (Å²) in [4.78, 5) is 24.1. The van der Waals surface area contributed by atoms with E-state index >= 15 is 0 Å². The molecule has 7 nitrogen and oxygen atoms in total. The van der Waals surface area contributed by atoms with Gasteiger partial charge < -0.3 is 10.6 Å². The lowest BCUT2D eigenvalue weighted by molar-refractivity contribution is -0.121. The largest absolute Gasteiger partial charge is 0.354 e. The number of carbonyl (C=O) groups excluding carboxylic acids is 2. The van der Waals surface area contributed by atoms with Gasteiger partial charge in [-0.25, -0.2) is 8.42 Å². The standard InChI is InChI=1S/C22H27N3O4S/c1-16(17-7-4-3-5-8-17)14-23-22(27)15-25(2)30(28,29)19-11-12-20-18(13-19)9-6-10-21(26)24-20/h3-5,7-8,11-13,16H,6,9-10,14-15H2,1-2H3,(H,23,27)(H,24,26)/t16-/m0/s1. The van der Waals surface area contributed by atoms with Gasteiger partial charge >= 0.3 is 0 Å². The number of benzene rings is 2. The fourth-order valence-corrected chi connectivity index (χ4v) is 4.58. The number of nitrogens with zero attached hydrogens (tertiary/aromatic N) is 1. The van der Waals surface area contributed by atoms with Crippen molar-refractivity contribution in [3.63, 3.8) is 0 Å². The molecular weight excluding hydrogens is 402 g/mol. The molecule has 0 bridgehead atoms. The predicted molar refractivity (Wildman–Crippen MR) is 116 cm³/mol. The van der Waals surface area contributed by atoms with E-state index in [1.807, 2.05) is 37.3 Å². The van der Waals surface area contributed by atoms with Crippen molar-refractivity contribution in [3.8, 4) is 0 Å². The van der Waals surface area contributed by atoms with Crippen LogP contribution in [0.5, 0.6) is 0 Å². The Labute approximate surface area is 177 Å². The molecule has 0 saturated carbocycles. The minimum absolute atomic E-state index is 0.0668. The fraction of sp³-hybridized carbons (Fsp3) is 0.364. The third kappa shape index (κ3) is 5.25. The van der Waals surface area contributed by atoms with Crippen molar-refractivity contribution in [2.75, 3.05) is 25.5 Å². The van der Waals surface area contributed by atoms with Gasteiger partial charge in [-0.2, -0.15) is 4.31 Å². The first kappa shape index (κ1) is 22.0. The summed E-state index contributed by atoms with van der Waals surface area (Å²) < 4.78 is 26.9. The number of sulfonamides is 1. The van der Waals surface area contributed by atoms with E-state index in [1.165, 1.54) is 13.1 Å². The van der Waals surface area contributed by atoms with Crippen molar-refractivity contribution in [3.05, 3.63) is 59.7 Å². The van der Waals surface area contributed by atoms with Crippen molar-refractivity contribution < 1.29 is 18.0 Å². The second-order valence-electron chi connectivity index (χ2n) is 7.60. The number of carbonyl (C=O) groups is 2. The molecule has 2 amide bonds. The van der Waals surface area contributed by atoms with Gasteiger partial charge in [0.15, 0.2) is 0 Å². The van der Waals surface area contributed by atoms with Crippen molar-refractivity contribution in [1.82, 2.24) is 9.62 Å². The van der Waals surface area contributed by atoms with E-state index in [1.54, 1.807) is 12.1 Å². The van der Waals surface area contributed by atoms with Crippen LogP contribution < -0.4 is 10.6 Å². The van der Waals surface area contributed by atoms with E-state index in [0.29, 0.717) is 31.5 Å². The van der Waals surface area contributed by atoms with Crippen LogP contribution in [0.3, 0.4) is 0 Å². The van der Waals surface area contributed by atoms with Crippen LogP contribution in [0.15, 0.2) is 53.4 Å². The van der Waals surface area contributed by atoms with Gasteiger partial charge in [-0.1, -0.05) is 37.3 Å². The highest BCUT2D eigenvalue weighted by Gasteiger charge is 2.25. The van der Waals surface area contributed by atoms with Crippen molar-refractivity contribution in [2.24, 2.45) is 0 Å². The molecule has 1 atom stereocenters. The van der Waals surface area contributed by atoms with E-state index in [4.69, 9.17) is 0 Å². The van der Waals surface area contributed by atoms with Gasteiger partial charge in [-0.3, -0.25) is 9.59 Å². The third-order valence-electron chi connectivity index (χ3n) is 5.25. The maximum absolute atomic E-state index is 12.9. The molecule has 1 aliphatic rings. The smallest absolute Gasteiger partial charge is 0.243 e. The van der Waals surface area contributed by atoms with Crippen LogP contribution in [0.1, 0.15) is 36.8 Å². The first-order valence-corrected chi connectivity index (χ1v) is 11.4. The zero-order valence-electron chi connectivity index (χ0n) is 17.2. The van der Waals surface area contributed by atoms with E-state index < -0.39 is 10.0 Å². The highest BCUT2D eigenvalue weighted by Crippen LogP contribution is 2.26. The number of amides is 2. The monoisotopic (exact) mass is 429 g/mol. The number of nitrogens with one attached hydrogen (secondary N) is 2. The number of likely N-dealkylation sites (N-methyl/N-ethyl adjacent to an activating group) is 1. The third-order valence-corrected chi connectivity index (χ3v) is 7.05. The number of fused-ring (bicyclic) bond motifs is 1. The van der Waals surface area contributed by atoms with E-state index in [2.05, 4.69) is 10.6 Å². The van der Waals surface area contributed by atoms with Gasteiger partial charge in [0.05, 0.1) is 11.4 Å². The SMILES string of the molecule is C[C@@H](CNC(=O)CN(C)S(=O)(=O)c1ccc2c(c1)CCCC(=O)N2)c1ccccc1. The van der Waals surface area contributed by atoms with Crippen LogP contribution in [0, 0.1) is 0 Å². The minimum atomic E-state index is -3.82. The summed E-state index contributed by atoms with van der Waals surface area (Å²) in [5.74, 6) is -0.300. The highest BCUT2D eigenvalue weighted by molar-refractivity contribution is 7.89. The van der Waals surface area contributed by atoms with Gasteiger partial charge in [0.25, 0.3) is 0 Å². The summed E-state index contributed by atoms with van der Waals surface area (Å²) in [7, 11) is -2.43. The van der Waals surface area contributed by atoms with Crippen LogP contribution in [0.2, 0.25) is 0 Å². The van der Waals surface area contributed by atoms with Crippen LogP contribution in [-0.4, -0.2) is 44.7 Å². The Morgan fingerprint density at radius 2 is 1.90 bits per heavy atom. The van der Waals surface area contributed by atoms with Crippen LogP contribution in [0.4, 0.5) is 5.69 Å². The first-order valence-electron chi connectivity index (χ1n) is 9.98. The molecular formula is C22H27N3O4S. The molecule has 1 aliphatic heterocycles. The molecule has 8 heteroatoms. The summed E-state index contributed by atoms with van der Waals surface area (Å²) in [6.07, 6.45) is 1.71. The number of anilines is 1. The predicted octanol–water partition coefficient (Wildman–Crippen LogP) is 2.50. The zero-order chi connectivity index (χ0) is 21.7. The Morgan fingerprint density at radius 3 is 2.63 bits per heavy atom. The second-order valence-corrected chi connectivity index (χ2v) is 9.64. The molecule has 1 heterocycles. The zero-order valence-corrected chi connectivity index (χ0v) is 18.0. The highest BCUT2D eigenvalue weighted by atomic mass is 32.2. The minimum Gasteiger partial charge on any atom is -0.354 e. The van der Waals surface area contributed by atoms with Crippen LogP contribution in [0.25, 0.3) is 0 Å². The number of hydrogen-bond donors (Lipinski definition) is 2. The molecule has 0 unspecified atom stereocenters. The Balaban J connectivity index is 1.63. The van der Waals surface area contributed by atoms with Gasteiger partial charge in [0.2, 0.25) is 21.8 Å². The van der Waals surface area contributed by atoms with E-state index in [0.717, 1.165) is 15.4 Å². The number of rotatable bonds is 7. The average Bonchev–Trinajstić information content (AvgIpc) is 2.92. The molecule has 0 aliphatic carbocycles. The maximum atomic E-state index is 12.9. The molecule has 0 saturated heterocycles. The summed E-state index contributed by atoms with van der Waals surface area (Å²) in [5, 5.41) is 5.60. The molecule has 0 radical (unpaired) electrons. The normalized spacial score (nSPS) is 15.1. The number of aryl methyl sites for hydroxylation is 1. The Bertz CT molecular complexity index is 1020. The topological polar surface area (TPSA) is 95.6 Å². The lowest BCUT2D eigenvalue weighted by Gasteiger charge is -2.19. The number of hydrogen-bond acceptors (Lipinski definition) is 4. The van der Waals surface area contributed by atoms with E-state index in [9.17, 15) is 18.0 Å². The summed E-state index contributed by atoms with van der Waals surface area (Å²) in [6.45, 7) is 2.16. The molecule has 0 fully saturated rings. The quantitative estimate of drug-likeness (QED) is 0.707. The Morgan fingerprint density at radius 1 is 1.17 bits per heavy atom. The van der Waals surface area contributed by atoms with Crippen molar-refractivity contribution >= 4 is 27.5 Å². The van der Waals surface area contributed by atoms with Crippen molar-refractivity contribution in [2.45, 2.75) is 37.0 Å². The lowest BCUT2D eigenvalue weighted by Crippen LogP contribution is -2.39. The molecule has 160 valence electrons. The molecule has 0 aromatic heterocycles. The second kappa shape index (κ2) is 9.40. The maximum Gasteiger partial charge on any atom is 0.243 e. The molecule has 0 spiro atoms. The Hall–Kier alpha value is -2.71.